The van der Waals surface area contributed by atoms with Gasteiger partial charge in [0.2, 0.25) is 0 Å². The van der Waals surface area contributed by atoms with E-state index in [2.05, 4.69) is 0 Å². The van der Waals surface area contributed by atoms with Crippen LogP contribution < -0.4 is 0 Å². The van der Waals surface area contributed by atoms with E-state index in [1.165, 1.54) is 0 Å². The van der Waals surface area contributed by atoms with Crippen LogP contribution in [-0.4, -0.2) is 32.9 Å². The zero-order chi connectivity index (χ0) is 0. The first-order chi connectivity index (χ1) is 0. The van der Waals surface area contributed by atoms with Crippen molar-refractivity contribution >= 4 is 37.2 Å². The molecule has 0 saturated carbocycles. The molecule has 0 saturated heterocycles. The molecule has 0 bridgehead atoms. The van der Waals surface area contributed by atoms with Gasteiger partial charge in [-0.05, 0) is 0 Å². The van der Waals surface area contributed by atoms with Crippen LogP contribution in [0.3, 0.4) is 0 Å². The molecule has 0 heterocycles. The zero-order valence-corrected chi connectivity index (χ0v) is 8.05. The van der Waals surface area contributed by atoms with E-state index in [1.54, 1.807) is 0 Å². The van der Waals surface area contributed by atoms with Crippen molar-refractivity contribution in [1.82, 2.24) is 0 Å². The quantitative estimate of drug-likeness (QED) is 0.421. The van der Waals surface area contributed by atoms with Gasteiger partial charge in [-0.3, -0.25) is 0 Å². The molecular weight excluding hydrogens is 261 g/mol. The van der Waals surface area contributed by atoms with Gasteiger partial charge in [-0.2, -0.15) is 0 Å². The van der Waals surface area contributed by atoms with Gasteiger partial charge < -0.3 is 32.9 Å². The van der Waals surface area contributed by atoms with Gasteiger partial charge in [-0.1, -0.05) is 0 Å². The van der Waals surface area contributed by atoms with E-state index in [4.69, 9.17) is 0 Å². The topological polar surface area (TPSA) is 189 Å². The summed E-state index contributed by atoms with van der Waals surface area (Å²) in [7, 11) is 0. The maximum atomic E-state index is 0. The van der Waals surface area contributed by atoms with Crippen molar-refractivity contribution in [2.75, 3.05) is 0 Å². The fourth-order valence-electron chi connectivity index (χ4n) is 0. The monoisotopic (exact) mass is 275 g/mol. The Balaban J connectivity index is 0. The van der Waals surface area contributed by atoms with Crippen molar-refractivity contribution in [3.05, 3.63) is 0 Å². The Morgan fingerprint density at radius 3 is 0.300 bits per heavy atom. The van der Waals surface area contributed by atoms with Crippen LogP contribution in [0, 0.1) is 0 Å². The van der Waals surface area contributed by atoms with E-state index in [0.717, 1.165) is 0 Å². The second kappa shape index (κ2) is 655. The summed E-state index contributed by atoms with van der Waals surface area (Å²) in [5.41, 5.74) is 0. The predicted octanol–water partition coefficient (Wildman–Crippen LogP) is -3.69. The van der Waals surface area contributed by atoms with Crippen LogP contribution in [0.5, 0.6) is 0 Å². The van der Waals surface area contributed by atoms with E-state index in [9.17, 15) is 0 Å². The Kier molecular flexibility index (Phi) is 58000. The average Bonchev–Trinajstić information content (AvgIpc) is 0. The molecule has 6 nitrogen and oxygen atoms in total. The molecular formula is H15Cl3CoO6. The minimum absolute atomic E-state index is 0. The number of hydrogen-bond donors (Lipinski definition) is 0. The summed E-state index contributed by atoms with van der Waals surface area (Å²) >= 11 is 0. The molecule has 0 rings (SSSR count). The van der Waals surface area contributed by atoms with Crippen LogP contribution in [0.2, 0.25) is 0 Å². The second-order valence-corrected chi connectivity index (χ2v) is 0. The molecule has 1 radical (unpaired) electrons. The summed E-state index contributed by atoms with van der Waals surface area (Å²) < 4.78 is 0. The third-order valence-corrected chi connectivity index (χ3v) is 0. The fourth-order valence-corrected chi connectivity index (χ4v) is 0. The summed E-state index contributed by atoms with van der Waals surface area (Å²) in [6.45, 7) is 0. The van der Waals surface area contributed by atoms with Crippen molar-refractivity contribution in [1.29, 1.82) is 0 Å². The Morgan fingerprint density at radius 1 is 0.300 bits per heavy atom. The minimum Gasteiger partial charge on any atom is -0.412 e. The van der Waals surface area contributed by atoms with Crippen LogP contribution >= 0.6 is 37.2 Å². The summed E-state index contributed by atoms with van der Waals surface area (Å²) in [6.07, 6.45) is 0. The first-order valence-corrected chi connectivity index (χ1v) is 0. The summed E-state index contributed by atoms with van der Waals surface area (Å²) in [5.74, 6) is 0. The molecule has 0 aromatic rings. The zero-order valence-electron chi connectivity index (χ0n) is 4.56. The SMILES string of the molecule is Cl.Cl.Cl.O.O.O.O.O.O.[Co]. The predicted molar refractivity (Wildman–Crippen MR) is 43.4 cm³/mol. The molecule has 0 fully saturated rings. The Bertz CT molecular complexity index is 13.0. The number of hydrogen-bond acceptors (Lipinski definition) is 0. The molecule has 0 aromatic heterocycles. The minimum atomic E-state index is 0. The molecule has 0 aromatic carbocycles. The molecule has 0 spiro atoms. The van der Waals surface area contributed by atoms with Gasteiger partial charge in [0.1, 0.15) is 0 Å². The smallest absolute Gasteiger partial charge is 0 e. The molecule has 0 amide bonds. The van der Waals surface area contributed by atoms with Crippen LogP contribution in [0.1, 0.15) is 0 Å². The Morgan fingerprint density at radius 2 is 0.300 bits per heavy atom. The first-order valence-electron chi connectivity index (χ1n) is 0. The third kappa shape index (κ3) is 468. The van der Waals surface area contributed by atoms with E-state index in [1.807, 2.05) is 0 Å². The molecule has 0 unspecified atom stereocenters. The average molecular weight is 276 g/mol. The van der Waals surface area contributed by atoms with Gasteiger partial charge in [-0.15, -0.1) is 37.2 Å². The maximum Gasteiger partial charge on any atom is 0 e. The van der Waals surface area contributed by atoms with Gasteiger partial charge in [0.05, 0.1) is 0 Å². The molecule has 10 heteroatoms. The fraction of sp³-hybridized carbons (Fsp3) is 0. The van der Waals surface area contributed by atoms with Crippen LogP contribution in [0.25, 0.3) is 0 Å². The molecule has 12 N–H and O–H groups in total. The van der Waals surface area contributed by atoms with E-state index >= 15 is 0 Å². The van der Waals surface area contributed by atoms with Gasteiger partial charge >= 0.3 is 0 Å². The van der Waals surface area contributed by atoms with Crippen LogP contribution in [-0.2, 0) is 16.8 Å². The first kappa shape index (κ1) is 886. The van der Waals surface area contributed by atoms with Gasteiger partial charge in [0, 0.05) is 16.8 Å². The van der Waals surface area contributed by atoms with Gasteiger partial charge in [0.15, 0.2) is 0 Å². The number of rotatable bonds is 0. The summed E-state index contributed by atoms with van der Waals surface area (Å²) in [4.78, 5) is 0. The van der Waals surface area contributed by atoms with Gasteiger partial charge in [0.25, 0.3) is 0 Å². The normalized spacial score (nSPS) is 0. The van der Waals surface area contributed by atoms with Crippen molar-refractivity contribution in [3.8, 4) is 0 Å². The van der Waals surface area contributed by atoms with Gasteiger partial charge in [-0.25, -0.2) is 0 Å². The van der Waals surface area contributed by atoms with Crippen molar-refractivity contribution in [3.63, 3.8) is 0 Å². The molecule has 0 aliphatic heterocycles. The third-order valence-electron chi connectivity index (χ3n) is 0. The number of halogens is 3. The van der Waals surface area contributed by atoms with E-state index in [0.29, 0.717) is 0 Å². The summed E-state index contributed by atoms with van der Waals surface area (Å²) in [5, 5.41) is 0. The maximum absolute atomic E-state index is 0. The second-order valence-electron chi connectivity index (χ2n) is 0. The van der Waals surface area contributed by atoms with Crippen molar-refractivity contribution in [2.24, 2.45) is 0 Å². The largest absolute Gasteiger partial charge is 0.412 e. The van der Waals surface area contributed by atoms with Crippen LogP contribution in [0.15, 0.2) is 0 Å². The Hall–Kier alpha value is 1.14. The molecule has 10 heavy (non-hydrogen) atoms. The standard InChI is InChI=1S/3ClH.Co.6H2O/h3*1H;;6*1H2. The summed E-state index contributed by atoms with van der Waals surface area (Å²) in [6, 6.07) is 0. The Labute approximate surface area is 87.0 Å². The molecule has 0 aliphatic carbocycles. The van der Waals surface area contributed by atoms with E-state index < -0.39 is 0 Å². The van der Waals surface area contributed by atoms with E-state index in [-0.39, 0.29) is 86.9 Å². The molecule has 0 aliphatic rings. The van der Waals surface area contributed by atoms with Crippen molar-refractivity contribution < 1.29 is 49.6 Å². The molecule has 81 valence electrons. The molecule has 0 atom stereocenters. The van der Waals surface area contributed by atoms with Crippen LogP contribution in [0.4, 0.5) is 0 Å². The van der Waals surface area contributed by atoms with Crippen molar-refractivity contribution in [2.45, 2.75) is 0 Å².